The number of carbonyl (C=O) groups excluding carboxylic acids is 1. The number of amides is 1. The molecule has 0 heterocycles. The molecule has 0 saturated heterocycles. The Balaban J connectivity index is 1.43. The van der Waals surface area contributed by atoms with E-state index in [1.807, 2.05) is 11.9 Å². The number of hydrogen-bond acceptors (Lipinski definition) is 1. The average molecular weight is 304 g/mol. The lowest BCUT2D eigenvalue weighted by atomic mass is 9.84. The molecule has 2 fully saturated rings. The molecular formula is C18H22ClNO. The quantitative estimate of drug-likeness (QED) is 0.783. The first-order valence-electron chi connectivity index (χ1n) is 8.12. The molecule has 0 aliphatic heterocycles. The molecule has 3 heteroatoms. The lowest BCUT2D eigenvalue weighted by Gasteiger charge is -2.34. The van der Waals surface area contributed by atoms with Crippen LogP contribution in [0, 0.1) is 17.8 Å². The minimum absolute atomic E-state index is 0.241. The predicted octanol–water partition coefficient (Wildman–Crippen LogP) is 3.44. The van der Waals surface area contributed by atoms with E-state index in [0.29, 0.717) is 29.0 Å². The van der Waals surface area contributed by atoms with Crippen molar-refractivity contribution >= 4 is 17.5 Å². The number of benzene rings is 1. The Morgan fingerprint density at radius 3 is 2.86 bits per heavy atom. The van der Waals surface area contributed by atoms with Gasteiger partial charge in [-0.25, -0.2) is 0 Å². The minimum atomic E-state index is 0.241. The van der Waals surface area contributed by atoms with E-state index in [1.54, 1.807) is 0 Å². The van der Waals surface area contributed by atoms with E-state index in [-0.39, 0.29) is 5.92 Å². The van der Waals surface area contributed by atoms with Crippen molar-refractivity contribution < 1.29 is 4.79 Å². The number of nitrogens with zero attached hydrogens (tertiary/aromatic N) is 1. The topological polar surface area (TPSA) is 20.3 Å². The zero-order valence-corrected chi connectivity index (χ0v) is 13.2. The van der Waals surface area contributed by atoms with Crippen LogP contribution in [0.3, 0.4) is 0 Å². The van der Waals surface area contributed by atoms with E-state index >= 15 is 0 Å². The summed E-state index contributed by atoms with van der Waals surface area (Å²) in [4.78, 5) is 14.7. The van der Waals surface area contributed by atoms with Crippen LogP contribution in [0.25, 0.3) is 0 Å². The maximum Gasteiger partial charge on any atom is 0.226 e. The summed E-state index contributed by atoms with van der Waals surface area (Å²) in [5, 5.41) is 0.342. The monoisotopic (exact) mass is 303 g/mol. The molecular weight excluding hydrogens is 282 g/mol. The molecule has 2 saturated carbocycles. The molecule has 1 aromatic rings. The molecule has 3 atom stereocenters. The van der Waals surface area contributed by atoms with Crippen LogP contribution < -0.4 is 0 Å². The molecule has 3 aliphatic carbocycles. The second-order valence-electron chi connectivity index (χ2n) is 7.11. The van der Waals surface area contributed by atoms with Gasteiger partial charge in [0, 0.05) is 24.9 Å². The highest BCUT2D eigenvalue weighted by Crippen LogP contribution is 2.60. The van der Waals surface area contributed by atoms with Gasteiger partial charge in [0.1, 0.15) is 0 Å². The third-order valence-electron chi connectivity index (χ3n) is 5.70. The highest BCUT2D eigenvalue weighted by Gasteiger charge is 2.57. The standard InChI is InChI=1S/C18H22ClNO/c1-20(10-11-8-13(19)9-11)18(21)17-15-7-6-12-4-2-3-5-14(12)16(15)17/h2-5,11,13,15-17H,6-10H2,1H3. The zero-order chi connectivity index (χ0) is 14.6. The van der Waals surface area contributed by atoms with Gasteiger partial charge < -0.3 is 4.90 Å². The van der Waals surface area contributed by atoms with Gasteiger partial charge in [0.15, 0.2) is 0 Å². The lowest BCUT2D eigenvalue weighted by Crippen LogP contribution is -2.38. The Morgan fingerprint density at radius 1 is 1.33 bits per heavy atom. The number of alkyl halides is 1. The Kier molecular flexibility index (Phi) is 3.25. The highest BCUT2D eigenvalue weighted by molar-refractivity contribution is 6.21. The van der Waals surface area contributed by atoms with Crippen LogP contribution in [-0.4, -0.2) is 29.8 Å². The summed E-state index contributed by atoms with van der Waals surface area (Å²) in [6, 6.07) is 8.68. The smallest absolute Gasteiger partial charge is 0.226 e. The van der Waals surface area contributed by atoms with E-state index in [2.05, 4.69) is 24.3 Å². The van der Waals surface area contributed by atoms with Gasteiger partial charge in [-0.3, -0.25) is 4.79 Å². The van der Waals surface area contributed by atoms with Crippen LogP contribution in [0.5, 0.6) is 0 Å². The van der Waals surface area contributed by atoms with Gasteiger partial charge in [0.2, 0.25) is 5.91 Å². The summed E-state index contributed by atoms with van der Waals surface area (Å²) >= 11 is 6.03. The Labute approximate surface area is 131 Å². The summed E-state index contributed by atoms with van der Waals surface area (Å²) in [6.07, 6.45) is 4.46. The number of carbonyl (C=O) groups is 1. The van der Waals surface area contributed by atoms with Crippen molar-refractivity contribution in [1.29, 1.82) is 0 Å². The molecule has 1 aromatic carbocycles. The van der Waals surface area contributed by atoms with Crippen molar-refractivity contribution in [3.05, 3.63) is 35.4 Å². The van der Waals surface area contributed by atoms with E-state index in [4.69, 9.17) is 11.6 Å². The fraction of sp³-hybridized carbons (Fsp3) is 0.611. The zero-order valence-electron chi connectivity index (χ0n) is 12.5. The highest BCUT2D eigenvalue weighted by atomic mass is 35.5. The van der Waals surface area contributed by atoms with E-state index in [1.165, 1.54) is 17.5 Å². The van der Waals surface area contributed by atoms with Crippen molar-refractivity contribution in [2.24, 2.45) is 17.8 Å². The van der Waals surface area contributed by atoms with Crippen molar-refractivity contribution in [3.63, 3.8) is 0 Å². The molecule has 21 heavy (non-hydrogen) atoms. The molecule has 3 unspecified atom stereocenters. The van der Waals surface area contributed by atoms with Crippen molar-refractivity contribution in [1.82, 2.24) is 4.90 Å². The lowest BCUT2D eigenvalue weighted by molar-refractivity contribution is -0.132. The van der Waals surface area contributed by atoms with Crippen LogP contribution in [-0.2, 0) is 11.2 Å². The van der Waals surface area contributed by atoms with Crippen molar-refractivity contribution in [2.45, 2.75) is 37.0 Å². The third kappa shape index (κ3) is 2.28. The van der Waals surface area contributed by atoms with Crippen LogP contribution >= 0.6 is 11.6 Å². The molecule has 0 aromatic heterocycles. The number of hydrogen-bond donors (Lipinski definition) is 0. The summed E-state index contributed by atoms with van der Waals surface area (Å²) in [6.45, 7) is 0.889. The van der Waals surface area contributed by atoms with Crippen LogP contribution in [0.1, 0.15) is 36.3 Å². The van der Waals surface area contributed by atoms with Crippen LogP contribution in [0.15, 0.2) is 24.3 Å². The molecule has 0 spiro atoms. The fourth-order valence-corrected chi connectivity index (χ4v) is 4.94. The second kappa shape index (κ2) is 5.01. The summed E-state index contributed by atoms with van der Waals surface area (Å²) in [7, 11) is 1.97. The molecule has 1 amide bonds. The minimum Gasteiger partial charge on any atom is -0.345 e. The molecule has 0 radical (unpaired) electrons. The van der Waals surface area contributed by atoms with Gasteiger partial charge in [-0.15, -0.1) is 11.6 Å². The first-order chi connectivity index (χ1) is 10.1. The van der Waals surface area contributed by atoms with Crippen molar-refractivity contribution in [3.8, 4) is 0 Å². The van der Waals surface area contributed by atoms with E-state index < -0.39 is 0 Å². The molecule has 0 N–H and O–H groups in total. The van der Waals surface area contributed by atoms with E-state index in [9.17, 15) is 4.79 Å². The number of rotatable bonds is 3. The van der Waals surface area contributed by atoms with Gasteiger partial charge in [0.25, 0.3) is 0 Å². The molecule has 3 aliphatic rings. The van der Waals surface area contributed by atoms with Gasteiger partial charge in [-0.05, 0) is 54.6 Å². The third-order valence-corrected chi connectivity index (χ3v) is 6.06. The van der Waals surface area contributed by atoms with Gasteiger partial charge in [-0.2, -0.15) is 0 Å². The normalized spacial score (nSPS) is 36.2. The van der Waals surface area contributed by atoms with Crippen molar-refractivity contribution in [2.75, 3.05) is 13.6 Å². The molecule has 4 rings (SSSR count). The maximum atomic E-state index is 12.7. The average Bonchev–Trinajstić information content (AvgIpc) is 3.19. The fourth-order valence-electron chi connectivity index (χ4n) is 4.44. The van der Waals surface area contributed by atoms with E-state index in [0.717, 1.165) is 25.8 Å². The maximum absolute atomic E-state index is 12.7. The van der Waals surface area contributed by atoms with Crippen LogP contribution in [0.4, 0.5) is 0 Å². The van der Waals surface area contributed by atoms with Gasteiger partial charge >= 0.3 is 0 Å². The Morgan fingerprint density at radius 2 is 2.10 bits per heavy atom. The largest absolute Gasteiger partial charge is 0.345 e. The summed E-state index contributed by atoms with van der Waals surface area (Å²) < 4.78 is 0. The Bertz CT molecular complexity index is 566. The first-order valence-corrected chi connectivity index (χ1v) is 8.55. The number of fused-ring (bicyclic) bond motifs is 3. The Hall–Kier alpha value is -1.02. The SMILES string of the molecule is CN(CC1CC(Cl)C1)C(=O)C1C2CCc3ccccc3C21. The predicted molar refractivity (Wildman–Crippen MR) is 84.5 cm³/mol. The number of aryl methyl sites for hydroxylation is 1. The number of halogens is 1. The molecule has 112 valence electrons. The van der Waals surface area contributed by atoms with Gasteiger partial charge in [-0.1, -0.05) is 24.3 Å². The molecule has 2 nitrogen and oxygen atoms in total. The molecule has 0 bridgehead atoms. The van der Waals surface area contributed by atoms with Crippen LogP contribution in [0.2, 0.25) is 0 Å². The van der Waals surface area contributed by atoms with Gasteiger partial charge in [0.05, 0.1) is 0 Å². The first kappa shape index (κ1) is 13.6. The second-order valence-corrected chi connectivity index (χ2v) is 7.72. The summed E-state index contributed by atoms with van der Waals surface area (Å²) in [5.41, 5.74) is 2.89. The summed E-state index contributed by atoms with van der Waals surface area (Å²) in [5.74, 6) is 2.31.